The van der Waals surface area contributed by atoms with Crippen molar-refractivity contribution in [1.29, 1.82) is 0 Å². The van der Waals surface area contributed by atoms with Crippen molar-refractivity contribution in [2.75, 3.05) is 19.7 Å². The molecule has 228 valence electrons. The quantitative estimate of drug-likeness (QED) is 0.114. The lowest BCUT2D eigenvalue weighted by Gasteiger charge is -2.17. The fourth-order valence-electron chi connectivity index (χ4n) is 5.04. The number of fused-ring (bicyclic) bond motifs is 1. The summed E-state index contributed by atoms with van der Waals surface area (Å²) in [6, 6.07) is 32.0. The first kappa shape index (κ1) is 30.9. The summed E-state index contributed by atoms with van der Waals surface area (Å²) >= 11 is 0. The minimum absolute atomic E-state index is 0.0252. The minimum Gasteiger partial charge on any atom is -0.494 e. The van der Waals surface area contributed by atoms with Gasteiger partial charge in [-0.1, -0.05) is 78.9 Å². The summed E-state index contributed by atoms with van der Waals surface area (Å²) in [4.78, 5) is 14.9. The predicted octanol–water partition coefficient (Wildman–Crippen LogP) is 6.92. The van der Waals surface area contributed by atoms with Crippen LogP contribution in [0.2, 0.25) is 0 Å². The van der Waals surface area contributed by atoms with Gasteiger partial charge in [0.15, 0.2) is 0 Å². The van der Waals surface area contributed by atoms with Crippen LogP contribution >= 0.6 is 0 Å². The number of pyridine rings is 1. The van der Waals surface area contributed by atoms with Gasteiger partial charge in [0.25, 0.3) is 5.92 Å². The van der Waals surface area contributed by atoms with Gasteiger partial charge in [0.05, 0.1) is 18.2 Å². The topological polar surface area (TPSA) is 83.6 Å². The van der Waals surface area contributed by atoms with Gasteiger partial charge in [0.1, 0.15) is 18.1 Å². The SMILES string of the molecule is O=c1ccc2c([C@@H](O)CNCCc3ccc(OCCCC(F)(F)c4ccccc4)cc3)ccc(OCc3ccccc3)c2[nH]1. The van der Waals surface area contributed by atoms with Crippen molar-refractivity contribution < 1.29 is 23.4 Å². The number of aromatic amines is 1. The Kier molecular flexibility index (Phi) is 10.4. The average Bonchev–Trinajstić information content (AvgIpc) is 3.05. The zero-order valence-corrected chi connectivity index (χ0v) is 24.3. The Morgan fingerprint density at radius 3 is 2.30 bits per heavy atom. The van der Waals surface area contributed by atoms with Gasteiger partial charge in [-0.3, -0.25) is 4.79 Å². The molecule has 0 bridgehead atoms. The summed E-state index contributed by atoms with van der Waals surface area (Å²) in [7, 11) is 0. The highest BCUT2D eigenvalue weighted by Gasteiger charge is 2.30. The molecule has 5 aromatic rings. The normalized spacial score (nSPS) is 12.2. The van der Waals surface area contributed by atoms with E-state index in [1.807, 2.05) is 60.7 Å². The molecule has 0 aliphatic heterocycles. The van der Waals surface area contributed by atoms with Crippen molar-refractivity contribution in [3.8, 4) is 11.5 Å². The third-order valence-corrected chi connectivity index (χ3v) is 7.44. The molecule has 0 saturated carbocycles. The van der Waals surface area contributed by atoms with E-state index in [1.54, 1.807) is 30.3 Å². The standard InChI is InChI=1S/C36H36F2N2O4/c37-36(38,28-10-5-2-6-11-28)21-7-23-43-29-14-12-26(13-15-29)20-22-39-24-32(41)30-16-18-33(35-31(30)17-19-34(42)40-35)44-25-27-8-3-1-4-9-27/h1-6,8-19,32,39,41H,7,20-25H2,(H,40,42)/t32-/m0/s1. The second-order valence-corrected chi connectivity index (χ2v) is 10.7. The van der Waals surface area contributed by atoms with Gasteiger partial charge in [0, 0.05) is 30.0 Å². The molecule has 0 aliphatic rings. The van der Waals surface area contributed by atoms with Crippen LogP contribution < -0.4 is 20.3 Å². The Morgan fingerprint density at radius 1 is 0.818 bits per heavy atom. The van der Waals surface area contributed by atoms with Gasteiger partial charge in [-0.05, 0) is 60.3 Å². The Hall–Kier alpha value is -4.53. The van der Waals surface area contributed by atoms with E-state index in [4.69, 9.17) is 9.47 Å². The fourth-order valence-corrected chi connectivity index (χ4v) is 5.04. The van der Waals surface area contributed by atoms with Crippen LogP contribution in [0.3, 0.4) is 0 Å². The fraction of sp³-hybridized carbons (Fsp3) is 0.250. The lowest BCUT2D eigenvalue weighted by Crippen LogP contribution is -2.24. The number of ether oxygens (including phenoxy) is 2. The first-order chi connectivity index (χ1) is 21.4. The summed E-state index contributed by atoms with van der Waals surface area (Å²) in [5.41, 5.74) is 3.12. The van der Waals surface area contributed by atoms with E-state index >= 15 is 0 Å². The van der Waals surface area contributed by atoms with Gasteiger partial charge in [-0.2, -0.15) is 0 Å². The van der Waals surface area contributed by atoms with Gasteiger partial charge >= 0.3 is 0 Å². The summed E-state index contributed by atoms with van der Waals surface area (Å²) < 4.78 is 40.3. The molecule has 4 aromatic carbocycles. The second kappa shape index (κ2) is 14.8. The molecule has 44 heavy (non-hydrogen) atoms. The highest BCUT2D eigenvalue weighted by atomic mass is 19.3. The first-order valence-corrected chi connectivity index (χ1v) is 14.8. The lowest BCUT2D eigenvalue weighted by molar-refractivity contribution is -0.0180. The zero-order valence-electron chi connectivity index (χ0n) is 24.3. The van der Waals surface area contributed by atoms with E-state index < -0.39 is 12.0 Å². The number of aliphatic hydroxyl groups excluding tert-OH is 1. The lowest BCUT2D eigenvalue weighted by atomic mass is 10.0. The molecule has 1 aromatic heterocycles. The molecule has 1 atom stereocenters. The van der Waals surface area contributed by atoms with Gasteiger partial charge in [0.2, 0.25) is 5.56 Å². The highest BCUT2D eigenvalue weighted by molar-refractivity contribution is 5.87. The maximum Gasteiger partial charge on any atom is 0.273 e. The number of hydrogen-bond donors (Lipinski definition) is 3. The predicted molar refractivity (Wildman–Crippen MR) is 168 cm³/mol. The average molecular weight is 599 g/mol. The van der Waals surface area contributed by atoms with Crippen molar-refractivity contribution in [3.05, 3.63) is 142 Å². The van der Waals surface area contributed by atoms with Gasteiger partial charge in [-0.15, -0.1) is 0 Å². The molecule has 0 radical (unpaired) electrons. The summed E-state index contributed by atoms with van der Waals surface area (Å²) in [5.74, 6) is -1.69. The Bertz CT molecular complexity index is 1680. The van der Waals surface area contributed by atoms with Crippen LogP contribution in [-0.4, -0.2) is 29.8 Å². The molecule has 0 amide bonds. The number of benzene rings is 4. The molecular weight excluding hydrogens is 562 g/mol. The Morgan fingerprint density at radius 2 is 1.55 bits per heavy atom. The number of hydrogen-bond acceptors (Lipinski definition) is 5. The Labute approximate surface area is 255 Å². The number of H-pyrrole nitrogens is 1. The molecule has 5 rings (SSSR count). The number of rotatable bonds is 15. The number of alkyl halides is 2. The van der Waals surface area contributed by atoms with E-state index in [1.165, 1.54) is 18.2 Å². The molecule has 0 saturated heterocycles. The molecule has 6 nitrogen and oxygen atoms in total. The van der Waals surface area contributed by atoms with E-state index in [0.29, 0.717) is 42.3 Å². The molecule has 3 N–H and O–H groups in total. The summed E-state index contributed by atoms with van der Waals surface area (Å²) in [6.45, 7) is 1.53. The number of aromatic nitrogens is 1. The minimum atomic E-state index is -2.87. The highest BCUT2D eigenvalue weighted by Crippen LogP contribution is 2.33. The van der Waals surface area contributed by atoms with Crippen molar-refractivity contribution in [2.45, 2.75) is 37.9 Å². The van der Waals surface area contributed by atoms with Crippen LogP contribution in [0, 0.1) is 0 Å². The van der Waals surface area contributed by atoms with Crippen LogP contribution in [0.25, 0.3) is 10.9 Å². The number of nitrogens with one attached hydrogen (secondary N) is 2. The van der Waals surface area contributed by atoms with E-state index in [2.05, 4.69) is 10.3 Å². The monoisotopic (exact) mass is 598 g/mol. The van der Waals surface area contributed by atoms with Crippen LogP contribution in [0.1, 0.15) is 41.2 Å². The maximum atomic E-state index is 14.3. The number of halogens is 2. The molecule has 0 aliphatic carbocycles. The van der Waals surface area contributed by atoms with Crippen molar-refractivity contribution in [1.82, 2.24) is 10.3 Å². The molecule has 0 spiro atoms. The summed E-state index contributed by atoms with van der Waals surface area (Å²) in [6.07, 6.45) is -0.0926. The molecule has 1 heterocycles. The molecule has 8 heteroatoms. The Balaban J connectivity index is 1.08. The van der Waals surface area contributed by atoms with Crippen molar-refractivity contribution in [2.24, 2.45) is 0 Å². The smallest absolute Gasteiger partial charge is 0.273 e. The van der Waals surface area contributed by atoms with E-state index in [0.717, 1.165) is 22.9 Å². The van der Waals surface area contributed by atoms with Crippen LogP contribution in [-0.2, 0) is 19.0 Å². The van der Waals surface area contributed by atoms with E-state index in [9.17, 15) is 18.7 Å². The third-order valence-electron chi connectivity index (χ3n) is 7.44. The summed E-state index contributed by atoms with van der Waals surface area (Å²) in [5, 5.41) is 15.0. The molecular formula is C36H36F2N2O4. The molecule has 0 unspecified atom stereocenters. The van der Waals surface area contributed by atoms with Crippen LogP contribution in [0.5, 0.6) is 11.5 Å². The van der Waals surface area contributed by atoms with Crippen molar-refractivity contribution in [3.63, 3.8) is 0 Å². The maximum absolute atomic E-state index is 14.3. The van der Waals surface area contributed by atoms with Crippen molar-refractivity contribution >= 4 is 10.9 Å². The first-order valence-electron chi connectivity index (χ1n) is 14.8. The zero-order chi connectivity index (χ0) is 30.8. The van der Waals surface area contributed by atoms with E-state index in [-0.39, 0.29) is 30.6 Å². The second-order valence-electron chi connectivity index (χ2n) is 10.7. The van der Waals surface area contributed by atoms with Crippen LogP contribution in [0.4, 0.5) is 8.78 Å². The third kappa shape index (κ3) is 8.30. The largest absolute Gasteiger partial charge is 0.494 e. The molecule has 0 fully saturated rings. The van der Waals surface area contributed by atoms with Gasteiger partial charge in [-0.25, -0.2) is 8.78 Å². The van der Waals surface area contributed by atoms with Crippen LogP contribution in [0.15, 0.2) is 114 Å². The van der Waals surface area contributed by atoms with Gasteiger partial charge < -0.3 is 24.9 Å². The number of aliphatic hydroxyl groups is 1.